The number of amides is 1. The molecule has 32 heavy (non-hydrogen) atoms. The van der Waals surface area contributed by atoms with E-state index < -0.39 is 10.0 Å². The van der Waals surface area contributed by atoms with Gasteiger partial charge in [-0.05, 0) is 55.3 Å². The van der Waals surface area contributed by atoms with E-state index in [0.29, 0.717) is 5.02 Å². The smallest absolute Gasteiger partial charge is 0.242 e. The first-order valence-corrected chi connectivity index (χ1v) is 12.4. The molecule has 1 aliphatic rings. The first kappa shape index (κ1) is 24.5. The van der Waals surface area contributed by atoms with E-state index >= 15 is 0 Å². The number of nitrogens with zero attached hydrogens (tertiary/aromatic N) is 2. The lowest BCUT2D eigenvalue weighted by molar-refractivity contribution is -0.117. The fourth-order valence-corrected chi connectivity index (χ4v) is 5.00. The van der Waals surface area contributed by atoms with Gasteiger partial charge in [-0.2, -0.15) is 0 Å². The molecule has 0 aliphatic carbocycles. The van der Waals surface area contributed by atoms with Crippen molar-refractivity contribution < 1.29 is 17.9 Å². The van der Waals surface area contributed by atoms with Gasteiger partial charge in [0.25, 0.3) is 0 Å². The summed E-state index contributed by atoms with van der Waals surface area (Å²) in [6.07, 6.45) is 4.22. The molecule has 2 aromatic carbocycles. The third-order valence-electron chi connectivity index (χ3n) is 5.70. The predicted octanol–water partition coefficient (Wildman–Crippen LogP) is 4.15. The second kappa shape index (κ2) is 10.7. The molecule has 0 radical (unpaired) electrons. The quantitative estimate of drug-likeness (QED) is 0.645. The van der Waals surface area contributed by atoms with Gasteiger partial charge in [-0.1, -0.05) is 36.6 Å². The summed E-state index contributed by atoms with van der Waals surface area (Å²) in [6.45, 7) is 1.00. The van der Waals surface area contributed by atoms with Crippen molar-refractivity contribution in [3.05, 3.63) is 53.1 Å². The summed E-state index contributed by atoms with van der Waals surface area (Å²) >= 11 is 6.24. The molecule has 1 fully saturated rings. The first-order chi connectivity index (χ1) is 15.2. The van der Waals surface area contributed by atoms with Crippen LogP contribution < -0.4 is 10.1 Å². The summed E-state index contributed by atoms with van der Waals surface area (Å²) in [7, 11) is 0.927. The van der Waals surface area contributed by atoms with Gasteiger partial charge in [0.1, 0.15) is 5.75 Å². The highest BCUT2D eigenvalue weighted by molar-refractivity contribution is 7.89. The van der Waals surface area contributed by atoms with Crippen LogP contribution in [0.1, 0.15) is 37.3 Å². The second-order valence-electron chi connectivity index (χ2n) is 8.09. The molecule has 174 valence electrons. The molecule has 7 nitrogen and oxygen atoms in total. The number of hydrogen-bond acceptors (Lipinski definition) is 5. The van der Waals surface area contributed by atoms with Gasteiger partial charge in [0.15, 0.2) is 0 Å². The molecule has 0 spiro atoms. The molecule has 0 aromatic heterocycles. The molecule has 1 N–H and O–H groups in total. The maximum Gasteiger partial charge on any atom is 0.242 e. The number of benzene rings is 2. The molecule has 1 aliphatic heterocycles. The predicted molar refractivity (Wildman–Crippen MR) is 127 cm³/mol. The van der Waals surface area contributed by atoms with Crippen LogP contribution in [0.25, 0.3) is 0 Å². The molecule has 0 bridgehead atoms. The fraction of sp³-hybridized carbons (Fsp3) is 0.435. The van der Waals surface area contributed by atoms with Crippen LogP contribution in [0.4, 0.5) is 5.69 Å². The summed E-state index contributed by atoms with van der Waals surface area (Å²) in [5.74, 6) is 0.570. The summed E-state index contributed by atoms with van der Waals surface area (Å²) in [5.41, 5.74) is 1.44. The van der Waals surface area contributed by atoms with Gasteiger partial charge in [-0.25, -0.2) is 12.7 Å². The molecule has 3 rings (SSSR count). The Bertz CT molecular complexity index is 1040. The highest BCUT2D eigenvalue weighted by Gasteiger charge is 2.25. The topological polar surface area (TPSA) is 79.0 Å². The number of sulfonamides is 1. The van der Waals surface area contributed by atoms with Crippen LogP contribution >= 0.6 is 11.6 Å². The van der Waals surface area contributed by atoms with Gasteiger partial charge in [0.2, 0.25) is 15.9 Å². The Morgan fingerprint density at radius 3 is 2.53 bits per heavy atom. The van der Waals surface area contributed by atoms with Gasteiger partial charge < -0.3 is 10.1 Å². The lowest BCUT2D eigenvalue weighted by Gasteiger charge is -2.30. The molecular formula is C23H30ClN3O4S. The maximum absolute atomic E-state index is 12.9. The van der Waals surface area contributed by atoms with Crippen molar-refractivity contribution in [2.75, 3.05) is 39.6 Å². The Balaban J connectivity index is 1.77. The Morgan fingerprint density at radius 2 is 1.88 bits per heavy atom. The minimum Gasteiger partial charge on any atom is -0.497 e. The van der Waals surface area contributed by atoms with Crippen LogP contribution in [-0.2, 0) is 14.8 Å². The van der Waals surface area contributed by atoms with Gasteiger partial charge in [-0.3, -0.25) is 9.69 Å². The van der Waals surface area contributed by atoms with E-state index in [0.717, 1.165) is 47.8 Å². The molecule has 0 unspecified atom stereocenters. The van der Waals surface area contributed by atoms with Crippen LogP contribution in [0.5, 0.6) is 5.75 Å². The Kier molecular flexibility index (Phi) is 8.16. The zero-order valence-corrected chi connectivity index (χ0v) is 20.2. The van der Waals surface area contributed by atoms with E-state index in [-0.39, 0.29) is 29.1 Å². The molecule has 2 aromatic rings. The number of anilines is 1. The first-order valence-electron chi connectivity index (χ1n) is 10.6. The van der Waals surface area contributed by atoms with E-state index in [9.17, 15) is 13.2 Å². The number of likely N-dealkylation sites (tertiary alicyclic amines) is 1. The van der Waals surface area contributed by atoms with Crippen LogP contribution in [0.15, 0.2) is 47.4 Å². The zero-order chi connectivity index (χ0) is 23.3. The molecule has 9 heteroatoms. The van der Waals surface area contributed by atoms with Crippen molar-refractivity contribution >= 4 is 33.2 Å². The van der Waals surface area contributed by atoms with E-state index in [2.05, 4.69) is 10.2 Å². The van der Waals surface area contributed by atoms with E-state index in [1.165, 1.54) is 32.3 Å². The molecule has 1 heterocycles. The van der Waals surface area contributed by atoms with Crippen molar-refractivity contribution in [1.29, 1.82) is 0 Å². The lowest BCUT2D eigenvalue weighted by Crippen LogP contribution is -2.36. The minimum absolute atomic E-state index is 0.0769. The van der Waals surface area contributed by atoms with Crippen LogP contribution in [-0.4, -0.2) is 57.8 Å². The van der Waals surface area contributed by atoms with Crippen molar-refractivity contribution in [2.24, 2.45) is 0 Å². The van der Waals surface area contributed by atoms with Gasteiger partial charge in [0, 0.05) is 20.1 Å². The Labute approximate surface area is 195 Å². The highest BCUT2D eigenvalue weighted by Crippen LogP contribution is 2.31. The molecule has 1 saturated heterocycles. The summed E-state index contributed by atoms with van der Waals surface area (Å²) in [6, 6.07) is 12.4. The fourth-order valence-electron chi connectivity index (χ4n) is 3.91. The standard InChI is InChI=1S/C23H30ClN3O4S/c1-26(2)32(29,30)19-12-13-20(24)21(15-19)25-23(28)16-27-14-6-4-5-7-22(27)17-8-10-18(31-3)11-9-17/h8-13,15,22H,4-7,14,16H2,1-3H3,(H,25,28)/t22-/m1/s1. The van der Waals surface area contributed by atoms with Crippen molar-refractivity contribution in [3.63, 3.8) is 0 Å². The van der Waals surface area contributed by atoms with E-state index in [4.69, 9.17) is 16.3 Å². The number of methoxy groups -OCH3 is 1. The third-order valence-corrected chi connectivity index (χ3v) is 7.84. The summed E-state index contributed by atoms with van der Waals surface area (Å²) in [4.78, 5) is 15.2. The lowest BCUT2D eigenvalue weighted by atomic mass is 10.0. The largest absolute Gasteiger partial charge is 0.497 e. The SMILES string of the molecule is COc1ccc([C@H]2CCCCCN2CC(=O)Nc2cc(S(=O)(=O)N(C)C)ccc2Cl)cc1. The van der Waals surface area contributed by atoms with Crippen LogP contribution in [0.3, 0.4) is 0 Å². The number of halogens is 1. The van der Waals surface area contributed by atoms with Gasteiger partial charge in [-0.15, -0.1) is 0 Å². The van der Waals surface area contributed by atoms with E-state index in [1.54, 1.807) is 7.11 Å². The number of nitrogens with one attached hydrogen (secondary N) is 1. The highest BCUT2D eigenvalue weighted by atomic mass is 35.5. The molecule has 1 atom stereocenters. The number of carbonyl (C=O) groups excluding carboxylic acids is 1. The molecule has 1 amide bonds. The number of carbonyl (C=O) groups is 1. The zero-order valence-electron chi connectivity index (χ0n) is 18.7. The second-order valence-corrected chi connectivity index (χ2v) is 10.6. The van der Waals surface area contributed by atoms with Crippen LogP contribution in [0, 0.1) is 0 Å². The van der Waals surface area contributed by atoms with Crippen LogP contribution in [0.2, 0.25) is 5.02 Å². The third kappa shape index (κ3) is 5.81. The van der Waals surface area contributed by atoms with Crippen molar-refractivity contribution in [3.8, 4) is 5.75 Å². The average Bonchev–Trinajstić information content (AvgIpc) is 3.00. The minimum atomic E-state index is -3.63. The van der Waals surface area contributed by atoms with E-state index in [1.807, 2.05) is 24.3 Å². The Hall–Kier alpha value is -2.13. The number of rotatable bonds is 7. The summed E-state index contributed by atoms with van der Waals surface area (Å²) in [5, 5.41) is 3.09. The monoisotopic (exact) mass is 479 g/mol. The van der Waals surface area contributed by atoms with Gasteiger partial charge >= 0.3 is 0 Å². The average molecular weight is 480 g/mol. The molecular weight excluding hydrogens is 450 g/mol. The number of hydrogen-bond donors (Lipinski definition) is 1. The summed E-state index contributed by atoms with van der Waals surface area (Å²) < 4.78 is 31.3. The molecule has 0 saturated carbocycles. The number of ether oxygens (including phenoxy) is 1. The van der Waals surface area contributed by atoms with Crippen molar-refractivity contribution in [2.45, 2.75) is 36.6 Å². The normalized spacial score (nSPS) is 17.7. The Morgan fingerprint density at radius 1 is 1.16 bits per heavy atom. The van der Waals surface area contributed by atoms with Gasteiger partial charge in [0.05, 0.1) is 29.3 Å². The maximum atomic E-state index is 12.9. The van der Waals surface area contributed by atoms with Crippen molar-refractivity contribution in [1.82, 2.24) is 9.21 Å².